The molecule has 5 N–H and O–H groups in total. The Labute approximate surface area is 228 Å². The van der Waals surface area contributed by atoms with Crippen molar-refractivity contribution in [3.63, 3.8) is 0 Å². The molecule has 192 valence electrons. The van der Waals surface area contributed by atoms with E-state index >= 15 is 0 Å². The summed E-state index contributed by atoms with van der Waals surface area (Å²) in [6, 6.07) is 13.3. The Hall–Kier alpha value is -1.47. The minimum Gasteiger partial charge on any atom is -0.491 e. The van der Waals surface area contributed by atoms with Crippen molar-refractivity contribution >= 4 is 45.8 Å². The Morgan fingerprint density at radius 3 is 2.29 bits per heavy atom. The summed E-state index contributed by atoms with van der Waals surface area (Å²) in [4.78, 5) is 0. The van der Waals surface area contributed by atoms with Gasteiger partial charge in [-0.3, -0.25) is 5.01 Å². The maximum atomic E-state index is 10.3. The van der Waals surface area contributed by atoms with Gasteiger partial charge < -0.3 is 30.2 Å². The van der Waals surface area contributed by atoms with Crippen LogP contribution in [0.1, 0.15) is 25.0 Å². The normalized spacial score (nSPS) is 15.7. The van der Waals surface area contributed by atoms with E-state index in [-0.39, 0.29) is 31.1 Å². The third kappa shape index (κ3) is 7.28. The molecule has 0 aromatic heterocycles. The number of β-amino-alcohol motifs (C(OH)–C–C–N with tert-alkyl or cyclic N) is 1. The SMILES string of the molecule is CC(C)(c1ccc(OCC(O)CN2NNC(CO)=C2I)cc1)c1ccc(OCC(O)CCl)c(Cl)c1. The number of aliphatic hydroxyl groups is 3. The van der Waals surface area contributed by atoms with E-state index in [0.717, 1.165) is 14.8 Å². The molecule has 11 heteroatoms. The van der Waals surface area contributed by atoms with Crippen molar-refractivity contribution in [2.24, 2.45) is 0 Å². The second-order valence-corrected chi connectivity index (χ2v) is 10.4. The second kappa shape index (κ2) is 12.7. The monoisotopic (exact) mass is 637 g/mol. The van der Waals surface area contributed by atoms with Crippen molar-refractivity contribution < 1.29 is 24.8 Å². The Bertz CT molecular complexity index is 1020. The van der Waals surface area contributed by atoms with Gasteiger partial charge in [0.1, 0.15) is 40.6 Å². The van der Waals surface area contributed by atoms with Crippen molar-refractivity contribution in [3.8, 4) is 11.5 Å². The fourth-order valence-corrected chi connectivity index (χ4v) is 4.40. The van der Waals surface area contributed by atoms with Crippen molar-refractivity contribution in [2.75, 3.05) is 32.2 Å². The van der Waals surface area contributed by atoms with E-state index in [9.17, 15) is 15.3 Å². The molecule has 0 saturated carbocycles. The van der Waals surface area contributed by atoms with Crippen LogP contribution in [-0.2, 0) is 5.41 Å². The van der Waals surface area contributed by atoms with Crippen LogP contribution < -0.4 is 20.4 Å². The first-order chi connectivity index (χ1) is 16.6. The molecule has 2 aromatic rings. The van der Waals surface area contributed by atoms with Crippen molar-refractivity contribution in [1.29, 1.82) is 0 Å². The number of hydrazine groups is 2. The summed E-state index contributed by atoms with van der Waals surface area (Å²) in [5.74, 6) is 1.24. The molecule has 2 atom stereocenters. The molecule has 35 heavy (non-hydrogen) atoms. The molecule has 0 aliphatic carbocycles. The molecule has 2 unspecified atom stereocenters. The van der Waals surface area contributed by atoms with Gasteiger partial charge in [-0.15, -0.1) is 17.1 Å². The van der Waals surface area contributed by atoms with Crippen LogP contribution in [0.25, 0.3) is 0 Å². The quantitative estimate of drug-likeness (QED) is 0.137. The summed E-state index contributed by atoms with van der Waals surface area (Å²) in [5, 5.41) is 31.4. The highest BCUT2D eigenvalue weighted by Crippen LogP contribution is 2.36. The Morgan fingerprint density at radius 1 is 1.03 bits per heavy atom. The van der Waals surface area contributed by atoms with Crippen LogP contribution in [0.3, 0.4) is 0 Å². The smallest absolute Gasteiger partial charge is 0.138 e. The largest absolute Gasteiger partial charge is 0.491 e. The molecular weight excluding hydrogens is 608 g/mol. The summed E-state index contributed by atoms with van der Waals surface area (Å²) in [7, 11) is 0. The predicted molar refractivity (Wildman–Crippen MR) is 145 cm³/mol. The van der Waals surface area contributed by atoms with Gasteiger partial charge in [-0.25, -0.2) is 0 Å². The number of aliphatic hydroxyl groups excluding tert-OH is 3. The third-order valence-electron chi connectivity index (χ3n) is 5.66. The molecule has 8 nitrogen and oxygen atoms in total. The Kier molecular flexibility index (Phi) is 10.2. The zero-order valence-corrected chi connectivity index (χ0v) is 23.1. The van der Waals surface area contributed by atoms with Crippen LogP contribution in [-0.4, -0.2) is 64.8 Å². The van der Waals surface area contributed by atoms with Gasteiger partial charge in [-0.05, 0) is 58.0 Å². The lowest BCUT2D eigenvalue weighted by atomic mass is 9.78. The Balaban J connectivity index is 1.58. The summed E-state index contributed by atoms with van der Waals surface area (Å²) >= 11 is 14.1. The van der Waals surface area contributed by atoms with Crippen molar-refractivity contribution in [2.45, 2.75) is 31.5 Å². The predicted octanol–water partition coefficient (Wildman–Crippen LogP) is 3.31. The average molecular weight is 638 g/mol. The molecule has 3 rings (SSSR count). The lowest BCUT2D eigenvalue weighted by molar-refractivity contribution is 0.0680. The van der Waals surface area contributed by atoms with Crippen LogP contribution in [0.2, 0.25) is 5.02 Å². The first kappa shape index (κ1) is 28.1. The molecule has 1 aliphatic heterocycles. The molecule has 2 aromatic carbocycles. The highest BCUT2D eigenvalue weighted by atomic mass is 127. The van der Waals surface area contributed by atoms with Crippen LogP contribution in [0, 0.1) is 0 Å². The van der Waals surface area contributed by atoms with Crippen molar-refractivity contribution in [1.82, 2.24) is 16.0 Å². The summed E-state index contributed by atoms with van der Waals surface area (Å²) < 4.78 is 12.1. The summed E-state index contributed by atoms with van der Waals surface area (Å²) in [6.07, 6.45) is -1.49. The molecule has 0 radical (unpaired) electrons. The van der Waals surface area contributed by atoms with E-state index in [0.29, 0.717) is 28.8 Å². The van der Waals surface area contributed by atoms with Crippen LogP contribution in [0.4, 0.5) is 0 Å². The maximum Gasteiger partial charge on any atom is 0.138 e. The van der Waals surface area contributed by atoms with Gasteiger partial charge in [0.05, 0.1) is 29.8 Å². The number of nitrogens with zero attached hydrogens (tertiary/aromatic N) is 1. The van der Waals surface area contributed by atoms with Crippen LogP contribution in [0.15, 0.2) is 51.9 Å². The number of rotatable bonds is 12. The van der Waals surface area contributed by atoms with E-state index in [1.165, 1.54) is 0 Å². The number of alkyl halides is 1. The number of nitrogens with one attached hydrogen (secondary N) is 2. The van der Waals surface area contributed by atoms with Crippen LogP contribution in [0.5, 0.6) is 11.5 Å². The number of ether oxygens (including phenoxy) is 2. The lowest BCUT2D eigenvalue weighted by Gasteiger charge is -2.27. The van der Waals surface area contributed by atoms with Crippen LogP contribution >= 0.6 is 45.8 Å². The zero-order chi connectivity index (χ0) is 25.6. The highest BCUT2D eigenvalue weighted by molar-refractivity contribution is 14.1. The van der Waals surface area contributed by atoms with E-state index in [1.54, 1.807) is 11.1 Å². The van der Waals surface area contributed by atoms with Gasteiger partial charge >= 0.3 is 0 Å². The van der Waals surface area contributed by atoms with Gasteiger partial charge in [0, 0.05) is 5.41 Å². The first-order valence-electron chi connectivity index (χ1n) is 11.0. The zero-order valence-electron chi connectivity index (χ0n) is 19.5. The minimum absolute atomic E-state index is 0.0766. The molecule has 0 amide bonds. The van der Waals surface area contributed by atoms with Gasteiger partial charge in [-0.1, -0.05) is 43.6 Å². The highest BCUT2D eigenvalue weighted by Gasteiger charge is 2.25. The number of halogens is 3. The fraction of sp³-hybridized carbons (Fsp3) is 0.417. The van der Waals surface area contributed by atoms with E-state index < -0.39 is 12.2 Å². The topological polar surface area (TPSA) is 106 Å². The fourth-order valence-electron chi connectivity index (χ4n) is 3.46. The first-order valence-corrected chi connectivity index (χ1v) is 13.0. The Morgan fingerprint density at radius 2 is 1.69 bits per heavy atom. The lowest BCUT2D eigenvalue weighted by Crippen LogP contribution is -2.43. The van der Waals surface area contributed by atoms with E-state index in [2.05, 4.69) is 47.4 Å². The minimum atomic E-state index is -0.751. The van der Waals surface area contributed by atoms with Gasteiger partial charge in [-0.2, -0.15) is 0 Å². The summed E-state index contributed by atoms with van der Waals surface area (Å²) in [5.41, 5.74) is 8.14. The van der Waals surface area contributed by atoms with Gasteiger partial charge in [0.25, 0.3) is 0 Å². The van der Waals surface area contributed by atoms with E-state index in [1.807, 2.05) is 36.4 Å². The third-order valence-corrected chi connectivity index (χ3v) is 7.55. The maximum absolute atomic E-state index is 10.3. The standard InChI is InChI=1S/C24H30Cl2IN3O5/c1-24(2,16-5-8-22(20(26)9-16)35-13-17(32)10-25)15-3-6-19(7-4-15)34-14-18(33)11-30-23(27)21(12-31)28-29-30/h3-9,17-18,28-29,31-33H,10-14H2,1-2H3. The molecule has 1 heterocycles. The van der Waals surface area contributed by atoms with Gasteiger partial charge in [0.15, 0.2) is 0 Å². The molecule has 1 aliphatic rings. The van der Waals surface area contributed by atoms with Gasteiger partial charge in [0.2, 0.25) is 0 Å². The number of benzene rings is 2. The molecule has 0 bridgehead atoms. The molecule has 0 spiro atoms. The van der Waals surface area contributed by atoms with Crippen molar-refractivity contribution in [3.05, 3.63) is 68.0 Å². The summed E-state index contributed by atoms with van der Waals surface area (Å²) in [6.45, 7) is 4.58. The number of hydrogen-bond donors (Lipinski definition) is 5. The molecule has 0 saturated heterocycles. The second-order valence-electron chi connectivity index (χ2n) is 8.65. The van der Waals surface area contributed by atoms with E-state index in [4.69, 9.17) is 32.7 Å². The average Bonchev–Trinajstić information content (AvgIpc) is 3.20. The molecular formula is C24H30Cl2IN3O5. The number of hydrogen-bond acceptors (Lipinski definition) is 8. The molecule has 0 fully saturated rings.